The Morgan fingerprint density at radius 3 is 2.05 bits per heavy atom. The summed E-state index contributed by atoms with van der Waals surface area (Å²) >= 11 is 0. The Morgan fingerprint density at radius 1 is 0.703 bits per heavy atom. The Hall–Kier alpha value is -3.93. The fraction of sp³-hybridized carbons (Fsp3) is 0.258. The monoisotopic (exact) mass is 501 g/mol. The topological polar surface area (TPSA) is 52.3 Å². The number of hydrogen-bond donors (Lipinski definition) is 0. The zero-order chi connectivity index (χ0) is 21.7. The molecular formula is C31H46BN4O. The van der Waals surface area contributed by atoms with Crippen LogP contribution in [0.15, 0.2) is 104 Å². The van der Waals surface area contributed by atoms with Gasteiger partial charge in [0.2, 0.25) is 0 Å². The molecule has 1 aliphatic heterocycles. The Bertz CT molecular complexity index is 1140. The second kappa shape index (κ2) is 22.5. The van der Waals surface area contributed by atoms with Crippen LogP contribution in [-0.4, -0.2) is 34.6 Å². The molecule has 0 fully saturated rings. The third-order valence-electron chi connectivity index (χ3n) is 4.23. The maximum absolute atomic E-state index is 5.34. The van der Waals surface area contributed by atoms with Crippen LogP contribution in [0.2, 0.25) is 0 Å². The first kappa shape index (κ1) is 40.3. The summed E-state index contributed by atoms with van der Waals surface area (Å²) in [6.07, 6.45) is 11.2. The highest BCUT2D eigenvalue weighted by molar-refractivity contribution is 5.77. The van der Waals surface area contributed by atoms with Gasteiger partial charge in [0.15, 0.2) is 5.65 Å². The molecule has 5 aromatic rings. The molecular weight excluding hydrogens is 455 g/mol. The number of benzene rings is 2. The SMILES string of the molecule is C.C.C.C.C.C1=Cc2ccccc2OC1.CC.[B].c1ccc2ncccc2c1.c1cnc2ccnn2c1. The standard InChI is InChI=1S/C9H7N.C9H8O.C6H5N3.C2H6.5CH4.B/c2*1-2-6-9-8(4-1)5-3-7-10-9;1-3-7-6-2-4-8-9(6)5-1;1-2;;;;;;/h1-7H;1-6H,7H2;1-5H;1-2H3;5*1H4;. The van der Waals surface area contributed by atoms with Crippen molar-refractivity contribution in [1.82, 2.24) is 19.6 Å². The predicted molar refractivity (Wildman–Crippen MR) is 166 cm³/mol. The highest BCUT2D eigenvalue weighted by Crippen LogP contribution is 2.21. The van der Waals surface area contributed by atoms with E-state index in [9.17, 15) is 0 Å². The number of para-hydroxylation sites is 2. The Labute approximate surface area is 227 Å². The smallest absolute Gasteiger partial charge is 0.154 e. The lowest BCUT2D eigenvalue weighted by Gasteiger charge is -2.10. The second-order valence-electron chi connectivity index (χ2n) is 6.20. The van der Waals surface area contributed by atoms with Crippen molar-refractivity contribution in [1.29, 1.82) is 0 Å². The summed E-state index contributed by atoms with van der Waals surface area (Å²) in [5.74, 6) is 0.991. The van der Waals surface area contributed by atoms with Gasteiger partial charge in [0.05, 0.1) is 11.7 Å². The van der Waals surface area contributed by atoms with Crippen molar-refractivity contribution >= 4 is 31.0 Å². The molecule has 0 saturated carbocycles. The van der Waals surface area contributed by atoms with E-state index >= 15 is 0 Å². The molecule has 0 bridgehead atoms. The van der Waals surface area contributed by atoms with Crippen molar-refractivity contribution in [3.8, 4) is 5.75 Å². The predicted octanol–water partition coefficient (Wildman–Crippen LogP) is 8.88. The van der Waals surface area contributed by atoms with Gasteiger partial charge in [0.25, 0.3) is 0 Å². The molecule has 1 aliphatic rings. The molecule has 2 aromatic carbocycles. The van der Waals surface area contributed by atoms with Gasteiger partial charge in [0, 0.05) is 44.0 Å². The van der Waals surface area contributed by atoms with Crippen molar-refractivity contribution in [3.05, 3.63) is 109 Å². The minimum atomic E-state index is 0. The molecule has 37 heavy (non-hydrogen) atoms. The maximum atomic E-state index is 5.34. The first-order valence-electron chi connectivity index (χ1n) is 10.3. The van der Waals surface area contributed by atoms with Gasteiger partial charge in [-0.05, 0) is 30.3 Å². The summed E-state index contributed by atoms with van der Waals surface area (Å²) in [5, 5.41) is 5.17. The Morgan fingerprint density at radius 2 is 1.35 bits per heavy atom. The number of pyridine rings is 1. The lowest BCUT2D eigenvalue weighted by Crippen LogP contribution is -1.98. The second-order valence-corrected chi connectivity index (χ2v) is 6.20. The van der Waals surface area contributed by atoms with Gasteiger partial charge < -0.3 is 4.74 Å². The zero-order valence-corrected chi connectivity index (χ0v) is 18.4. The summed E-state index contributed by atoms with van der Waals surface area (Å²) in [4.78, 5) is 8.22. The van der Waals surface area contributed by atoms with E-state index in [1.165, 1.54) is 10.9 Å². The van der Waals surface area contributed by atoms with Crippen LogP contribution in [0.5, 0.6) is 5.75 Å². The highest BCUT2D eigenvalue weighted by Gasteiger charge is 2.01. The van der Waals surface area contributed by atoms with E-state index in [4.69, 9.17) is 4.74 Å². The van der Waals surface area contributed by atoms with Gasteiger partial charge in [-0.2, -0.15) is 5.10 Å². The van der Waals surface area contributed by atoms with Crippen molar-refractivity contribution < 1.29 is 4.74 Å². The van der Waals surface area contributed by atoms with Crippen LogP contribution >= 0.6 is 0 Å². The molecule has 3 radical (unpaired) electrons. The van der Waals surface area contributed by atoms with E-state index in [1.807, 2.05) is 93.0 Å². The molecule has 0 amide bonds. The molecule has 0 atom stereocenters. The summed E-state index contributed by atoms with van der Waals surface area (Å²) in [6, 6.07) is 23.8. The lowest BCUT2D eigenvalue weighted by molar-refractivity contribution is 0.358. The van der Waals surface area contributed by atoms with E-state index in [0.717, 1.165) is 16.9 Å². The largest absolute Gasteiger partial charge is 0.489 e. The van der Waals surface area contributed by atoms with Gasteiger partial charge in [-0.1, -0.05) is 99.5 Å². The number of aromatic nitrogens is 4. The minimum absolute atomic E-state index is 0. The van der Waals surface area contributed by atoms with Crippen LogP contribution in [0, 0.1) is 0 Å². The molecule has 5 nitrogen and oxygen atoms in total. The van der Waals surface area contributed by atoms with E-state index < -0.39 is 0 Å². The lowest BCUT2D eigenvalue weighted by atomic mass is 10.1. The van der Waals surface area contributed by atoms with E-state index in [1.54, 1.807) is 16.9 Å². The minimum Gasteiger partial charge on any atom is -0.489 e. The van der Waals surface area contributed by atoms with Crippen molar-refractivity contribution in [3.63, 3.8) is 0 Å². The number of hydrogen-bond acceptors (Lipinski definition) is 4. The highest BCUT2D eigenvalue weighted by atomic mass is 16.5. The Balaban J connectivity index is -0.000000198. The summed E-state index contributed by atoms with van der Waals surface area (Å²) in [7, 11) is 0. The van der Waals surface area contributed by atoms with Crippen LogP contribution in [0.25, 0.3) is 22.6 Å². The first-order valence-corrected chi connectivity index (χ1v) is 10.3. The van der Waals surface area contributed by atoms with Crippen LogP contribution in [0.1, 0.15) is 56.5 Å². The van der Waals surface area contributed by atoms with Gasteiger partial charge >= 0.3 is 0 Å². The number of rotatable bonds is 0. The quantitative estimate of drug-likeness (QED) is 0.199. The first-order chi connectivity index (χ1) is 15.4. The average Bonchev–Trinajstić information content (AvgIpc) is 3.35. The fourth-order valence-corrected chi connectivity index (χ4v) is 2.84. The molecule has 0 N–H and O–H groups in total. The van der Waals surface area contributed by atoms with Gasteiger partial charge in [-0.25, -0.2) is 9.50 Å². The zero-order valence-electron chi connectivity index (χ0n) is 18.4. The van der Waals surface area contributed by atoms with Crippen molar-refractivity contribution in [2.75, 3.05) is 6.61 Å². The van der Waals surface area contributed by atoms with E-state index in [2.05, 4.69) is 33.3 Å². The molecule has 0 spiro atoms. The normalized spacial score (nSPS) is 9.14. The van der Waals surface area contributed by atoms with Crippen LogP contribution in [0.4, 0.5) is 0 Å². The van der Waals surface area contributed by atoms with Crippen LogP contribution in [0.3, 0.4) is 0 Å². The number of nitrogens with zero attached hydrogens (tertiary/aromatic N) is 4. The molecule has 4 heterocycles. The molecule has 0 unspecified atom stereocenters. The maximum Gasteiger partial charge on any atom is 0.154 e. The van der Waals surface area contributed by atoms with Crippen LogP contribution in [-0.2, 0) is 0 Å². The molecule has 0 saturated heterocycles. The molecule has 199 valence electrons. The van der Waals surface area contributed by atoms with Gasteiger partial charge in [-0.15, -0.1) is 0 Å². The van der Waals surface area contributed by atoms with Gasteiger partial charge in [0.1, 0.15) is 12.4 Å². The van der Waals surface area contributed by atoms with E-state index in [-0.39, 0.29) is 45.5 Å². The summed E-state index contributed by atoms with van der Waals surface area (Å²) < 4.78 is 7.06. The number of fused-ring (bicyclic) bond motifs is 3. The molecule has 6 rings (SSSR count). The van der Waals surface area contributed by atoms with Crippen molar-refractivity contribution in [2.24, 2.45) is 0 Å². The van der Waals surface area contributed by atoms with E-state index in [0.29, 0.717) is 6.61 Å². The van der Waals surface area contributed by atoms with Crippen LogP contribution < -0.4 is 4.74 Å². The molecule has 0 aliphatic carbocycles. The third kappa shape index (κ3) is 12.0. The fourth-order valence-electron chi connectivity index (χ4n) is 2.84. The third-order valence-corrected chi connectivity index (χ3v) is 4.23. The summed E-state index contributed by atoms with van der Waals surface area (Å²) in [6.45, 7) is 4.71. The average molecular weight is 502 g/mol. The number of ether oxygens (including phenoxy) is 1. The van der Waals surface area contributed by atoms with Crippen molar-refractivity contribution in [2.45, 2.75) is 51.0 Å². The summed E-state index contributed by atoms with van der Waals surface area (Å²) in [5.41, 5.74) is 3.12. The molecule has 3 aromatic heterocycles. The van der Waals surface area contributed by atoms with Gasteiger partial charge in [-0.3, -0.25) is 4.98 Å². The Kier molecular flexibility index (Phi) is 24.5. The molecule has 6 heteroatoms.